The van der Waals surface area contributed by atoms with Crippen molar-refractivity contribution in [1.29, 1.82) is 0 Å². The summed E-state index contributed by atoms with van der Waals surface area (Å²) in [6.45, 7) is 17.4. The Bertz CT molecular complexity index is 684. The van der Waals surface area contributed by atoms with Crippen LogP contribution in [0.2, 0.25) is 13.1 Å². The third-order valence-corrected chi connectivity index (χ3v) is 9.55. The Morgan fingerprint density at radius 2 is 1.52 bits per heavy atom. The van der Waals surface area contributed by atoms with Crippen LogP contribution in [0.3, 0.4) is 0 Å². The molecule has 0 aliphatic carbocycles. The summed E-state index contributed by atoms with van der Waals surface area (Å²) >= 11 is 1.82. The number of aromatic hydroxyl groups is 1. The normalized spacial score (nSPS) is 13.1. The maximum atomic E-state index is 10.8. The lowest BCUT2D eigenvalue weighted by Gasteiger charge is -2.29. The van der Waals surface area contributed by atoms with Crippen LogP contribution >= 0.6 is 11.3 Å². The fourth-order valence-corrected chi connectivity index (χ4v) is 6.17. The number of phenols is 1. The summed E-state index contributed by atoms with van der Waals surface area (Å²) in [6, 6.07) is 8.37. The number of ether oxygens (including phenoxy) is 1. The SMILES string of the molecule is CC(C)(C)c1cc(OC[Si](C)(C)c2cccs2)cc(C(C)(C)C)c1O. The van der Waals surface area contributed by atoms with Gasteiger partial charge in [-0.2, -0.15) is 11.3 Å². The lowest BCUT2D eigenvalue weighted by atomic mass is 9.79. The average Bonchev–Trinajstić information content (AvgIpc) is 2.98. The largest absolute Gasteiger partial charge is 0.507 e. The molecule has 2 rings (SSSR count). The van der Waals surface area contributed by atoms with Gasteiger partial charge >= 0.3 is 0 Å². The Morgan fingerprint density at radius 3 is 1.92 bits per heavy atom. The van der Waals surface area contributed by atoms with Gasteiger partial charge in [0.2, 0.25) is 0 Å². The molecule has 0 spiro atoms. The minimum Gasteiger partial charge on any atom is -0.507 e. The molecular formula is C21H32O2SSi. The Balaban J connectivity index is 2.38. The lowest BCUT2D eigenvalue weighted by molar-refractivity contribution is 0.369. The van der Waals surface area contributed by atoms with Gasteiger partial charge in [0.15, 0.2) is 0 Å². The number of hydrogen-bond donors (Lipinski definition) is 1. The highest BCUT2D eigenvalue weighted by Gasteiger charge is 2.29. The first kappa shape index (κ1) is 20.1. The smallest absolute Gasteiger partial charge is 0.136 e. The molecule has 0 fully saturated rings. The molecule has 0 saturated carbocycles. The fraction of sp³-hybridized carbons (Fsp3) is 0.524. The van der Waals surface area contributed by atoms with Crippen LogP contribution in [0.1, 0.15) is 52.7 Å². The second kappa shape index (κ2) is 6.80. The molecule has 1 aromatic heterocycles. The van der Waals surface area contributed by atoms with Crippen LogP contribution in [-0.4, -0.2) is 19.4 Å². The minimum atomic E-state index is -1.62. The third kappa shape index (κ3) is 4.67. The van der Waals surface area contributed by atoms with Gasteiger partial charge in [0.05, 0.1) is 6.23 Å². The van der Waals surface area contributed by atoms with Crippen molar-refractivity contribution in [2.75, 3.05) is 6.23 Å². The molecule has 0 unspecified atom stereocenters. The Morgan fingerprint density at radius 1 is 1.00 bits per heavy atom. The molecule has 0 amide bonds. The van der Waals surface area contributed by atoms with E-state index in [0.717, 1.165) is 23.1 Å². The maximum absolute atomic E-state index is 10.8. The standard InChI is InChI=1S/C21H32O2SSi/c1-20(2,3)16-12-15(13-17(19(16)22)21(4,5)6)23-14-25(7,8)18-10-9-11-24-18/h9-13,22H,14H2,1-8H3. The van der Waals surface area contributed by atoms with Crippen molar-refractivity contribution in [2.45, 2.75) is 65.5 Å². The van der Waals surface area contributed by atoms with E-state index in [2.05, 4.69) is 72.1 Å². The molecule has 1 N–H and O–H groups in total. The van der Waals surface area contributed by atoms with Crippen molar-refractivity contribution in [3.8, 4) is 11.5 Å². The number of phenolic OH excluding ortho intramolecular Hbond substituents is 1. The molecule has 2 nitrogen and oxygen atoms in total. The van der Waals surface area contributed by atoms with Gasteiger partial charge in [0.25, 0.3) is 0 Å². The molecule has 138 valence electrons. The summed E-state index contributed by atoms with van der Waals surface area (Å²) in [7, 11) is -1.62. The molecule has 0 saturated heterocycles. The van der Waals surface area contributed by atoms with Gasteiger partial charge in [0.1, 0.15) is 19.6 Å². The quantitative estimate of drug-likeness (QED) is 0.706. The van der Waals surface area contributed by atoms with E-state index in [-0.39, 0.29) is 10.8 Å². The maximum Gasteiger partial charge on any atom is 0.136 e. The molecule has 0 atom stereocenters. The van der Waals surface area contributed by atoms with Crippen LogP contribution in [-0.2, 0) is 10.8 Å². The fourth-order valence-electron chi connectivity index (χ4n) is 2.83. The van der Waals surface area contributed by atoms with E-state index in [4.69, 9.17) is 4.74 Å². The zero-order valence-electron chi connectivity index (χ0n) is 16.9. The zero-order chi connectivity index (χ0) is 19.0. The molecule has 2 aromatic rings. The van der Waals surface area contributed by atoms with Crippen LogP contribution < -0.4 is 9.24 Å². The van der Waals surface area contributed by atoms with Crippen molar-refractivity contribution in [3.63, 3.8) is 0 Å². The molecule has 25 heavy (non-hydrogen) atoms. The highest BCUT2D eigenvalue weighted by molar-refractivity contribution is 7.25. The van der Waals surface area contributed by atoms with Gasteiger partial charge in [0, 0.05) is 11.1 Å². The van der Waals surface area contributed by atoms with E-state index in [1.165, 1.54) is 4.50 Å². The Kier molecular flexibility index (Phi) is 5.46. The highest BCUT2D eigenvalue weighted by atomic mass is 32.1. The first-order valence-corrected chi connectivity index (χ1v) is 13.0. The predicted octanol–water partition coefficient (Wildman–Crippen LogP) is 5.58. The number of benzene rings is 1. The lowest BCUT2D eigenvalue weighted by Crippen LogP contribution is -2.45. The van der Waals surface area contributed by atoms with Gasteiger partial charge in [-0.05, 0) is 32.8 Å². The van der Waals surface area contributed by atoms with Crippen molar-refractivity contribution in [1.82, 2.24) is 0 Å². The van der Waals surface area contributed by atoms with E-state index in [9.17, 15) is 5.11 Å². The average molecular weight is 377 g/mol. The molecule has 0 radical (unpaired) electrons. The van der Waals surface area contributed by atoms with Gasteiger partial charge in [-0.15, -0.1) is 0 Å². The Labute approximate surface area is 157 Å². The van der Waals surface area contributed by atoms with Gasteiger partial charge < -0.3 is 9.84 Å². The topological polar surface area (TPSA) is 29.5 Å². The van der Waals surface area contributed by atoms with Crippen LogP contribution in [0.25, 0.3) is 0 Å². The van der Waals surface area contributed by atoms with Crippen LogP contribution in [0.5, 0.6) is 11.5 Å². The molecule has 1 aromatic carbocycles. The van der Waals surface area contributed by atoms with Gasteiger partial charge in [-0.25, -0.2) is 0 Å². The van der Waals surface area contributed by atoms with E-state index >= 15 is 0 Å². The monoisotopic (exact) mass is 376 g/mol. The number of thiophene rings is 1. The summed E-state index contributed by atoms with van der Waals surface area (Å²) in [5, 5.41) is 13.0. The number of rotatable bonds is 4. The molecule has 0 aliphatic rings. The highest BCUT2D eigenvalue weighted by Crippen LogP contribution is 2.41. The summed E-state index contributed by atoms with van der Waals surface area (Å²) in [4.78, 5) is 0. The van der Waals surface area contributed by atoms with E-state index in [1.807, 2.05) is 23.5 Å². The first-order chi connectivity index (χ1) is 11.3. The molecule has 1 heterocycles. The van der Waals surface area contributed by atoms with Crippen LogP contribution in [0.15, 0.2) is 29.6 Å². The van der Waals surface area contributed by atoms with Crippen molar-refractivity contribution in [3.05, 3.63) is 40.8 Å². The zero-order valence-corrected chi connectivity index (χ0v) is 18.7. The van der Waals surface area contributed by atoms with Crippen molar-refractivity contribution in [2.24, 2.45) is 0 Å². The Hall–Kier alpha value is -1.26. The summed E-state index contributed by atoms with van der Waals surface area (Å²) < 4.78 is 7.74. The van der Waals surface area contributed by atoms with Crippen LogP contribution in [0.4, 0.5) is 0 Å². The minimum absolute atomic E-state index is 0.135. The number of hydrogen-bond acceptors (Lipinski definition) is 3. The molecule has 4 heteroatoms. The van der Waals surface area contributed by atoms with Gasteiger partial charge in [-0.3, -0.25) is 0 Å². The summed E-state index contributed by atoms with van der Waals surface area (Å²) in [6.07, 6.45) is 0.742. The van der Waals surface area contributed by atoms with E-state index < -0.39 is 8.07 Å². The molecule has 0 aliphatic heterocycles. The molecular weight excluding hydrogens is 344 g/mol. The summed E-state index contributed by atoms with van der Waals surface area (Å²) in [5.74, 6) is 1.27. The second-order valence-corrected chi connectivity index (χ2v) is 15.4. The summed E-state index contributed by atoms with van der Waals surface area (Å²) in [5.41, 5.74) is 1.63. The first-order valence-electron chi connectivity index (χ1n) is 8.87. The third-order valence-electron chi connectivity index (χ3n) is 4.49. The molecule has 0 bridgehead atoms. The van der Waals surface area contributed by atoms with Crippen molar-refractivity contribution >= 4 is 23.9 Å². The van der Waals surface area contributed by atoms with Crippen LogP contribution in [0, 0.1) is 0 Å². The second-order valence-electron chi connectivity index (χ2n) is 9.52. The predicted molar refractivity (Wildman–Crippen MR) is 112 cm³/mol. The van der Waals surface area contributed by atoms with Gasteiger partial charge in [-0.1, -0.05) is 66.8 Å². The van der Waals surface area contributed by atoms with E-state index in [0.29, 0.717) is 5.75 Å². The van der Waals surface area contributed by atoms with Crippen molar-refractivity contribution < 1.29 is 9.84 Å². The van der Waals surface area contributed by atoms with E-state index in [1.54, 1.807) is 0 Å².